The Bertz CT molecular complexity index is 550. The summed E-state index contributed by atoms with van der Waals surface area (Å²) in [6.45, 7) is 3.11. The molecule has 2 rings (SSSR count). The summed E-state index contributed by atoms with van der Waals surface area (Å²) in [5.41, 5.74) is 2.59. The number of benzene rings is 1. The Morgan fingerprint density at radius 1 is 1.42 bits per heavy atom. The van der Waals surface area contributed by atoms with Crippen LogP contribution in [0.4, 0.5) is 5.69 Å². The molecule has 19 heavy (non-hydrogen) atoms. The van der Waals surface area contributed by atoms with Crippen LogP contribution in [0.15, 0.2) is 30.6 Å². The lowest BCUT2D eigenvalue weighted by Crippen LogP contribution is -2.28. The highest BCUT2D eigenvalue weighted by molar-refractivity contribution is 5.99. The number of carbonyl (C=O) groups is 1. The van der Waals surface area contributed by atoms with Crippen molar-refractivity contribution in [3.8, 4) is 0 Å². The second-order valence-electron chi connectivity index (χ2n) is 4.22. The number of anilines is 1. The van der Waals surface area contributed by atoms with Gasteiger partial charge in [0.15, 0.2) is 0 Å². The Labute approximate surface area is 111 Å². The van der Waals surface area contributed by atoms with E-state index in [-0.39, 0.29) is 5.91 Å². The molecular weight excluding hydrogens is 242 g/mol. The van der Waals surface area contributed by atoms with Crippen molar-refractivity contribution in [2.45, 2.75) is 13.5 Å². The van der Waals surface area contributed by atoms with Gasteiger partial charge in [-0.15, -0.1) is 5.10 Å². The van der Waals surface area contributed by atoms with E-state index < -0.39 is 0 Å². The maximum atomic E-state index is 12.1. The molecule has 1 heterocycles. The molecule has 0 spiro atoms. The van der Waals surface area contributed by atoms with Gasteiger partial charge in [-0.2, -0.15) is 0 Å². The lowest BCUT2D eigenvalue weighted by Gasteiger charge is -2.10. The third-order valence-electron chi connectivity index (χ3n) is 2.79. The molecule has 0 radical (unpaired) electrons. The van der Waals surface area contributed by atoms with Crippen LogP contribution < -0.4 is 10.6 Å². The lowest BCUT2D eigenvalue weighted by molar-refractivity contribution is 0.0952. The summed E-state index contributed by atoms with van der Waals surface area (Å²) in [4.78, 5) is 12.1. The summed E-state index contributed by atoms with van der Waals surface area (Å²) in [6.07, 6.45) is 3.37. The third-order valence-corrected chi connectivity index (χ3v) is 2.79. The third kappa shape index (κ3) is 3.31. The van der Waals surface area contributed by atoms with Gasteiger partial charge >= 0.3 is 0 Å². The molecule has 2 N–H and O–H groups in total. The molecule has 0 unspecified atom stereocenters. The maximum absolute atomic E-state index is 12.1. The highest BCUT2D eigenvalue weighted by Crippen LogP contribution is 2.16. The van der Waals surface area contributed by atoms with E-state index in [0.29, 0.717) is 18.7 Å². The van der Waals surface area contributed by atoms with Crippen molar-refractivity contribution < 1.29 is 4.79 Å². The molecule has 6 nitrogen and oxygen atoms in total. The quantitative estimate of drug-likeness (QED) is 0.842. The largest absolute Gasteiger partial charge is 0.387 e. The van der Waals surface area contributed by atoms with E-state index in [2.05, 4.69) is 20.9 Å². The molecule has 0 bridgehead atoms. The van der Waals surface area contributed by atoms with Crippen molar-refractivity contribution in [3.05, 3.63) is 41.7 Å². The van der Waals surface area contributed by atoms with Crippen LogP contribution in [0.2, 0.25) is 0 Å². The van der Waals surface area contributed by atoms with Gasteiger partial charge in [0.25, 0.3) is 5.91 Å². The average Bonchev–Trinajstić information content (AvgIpc) is 2.91. The molecule has 0 fully saturated rings. The van der Waals surface area contributed by atoms with E-state index in [1.165, 1.54) is 0 Å². The molecule has 1 amide bonds. The van der Waals surface area contributed by atoms with Gasteiger partial charge in [0.1, 0.15) is 0 Å². The van der Waals surface area contributed by atoms with Crippen LogP contribution in [0, 0.1) is 6.92 Å². The number of nitrogens with zero attached hydrogens (tertiary/aromatic N) is 3. The number of hydrogen-bond donors (Lipinski definition) is 2. The average molecular weight is 259 g/mol. The SMILES string of the molecule is CNc1cc(C)ccc1C(=O)NCCn1ccnn1. The van der Waals surface area contributed by atoms with Gasteiger partial charge in [-0.1, -0.05) is 11.3 Å². The number of hydrogen-bond acceptors (Lipinski definition) is 4. The van der Waals surface area contributed by atoms with Gasteiger partial charge in [-0.3, -0.25) is 9.48 Å². The van der Waals surface area contributed by atoms with Crippen LogP contribution in [0.5, 0.6) is 0 Å². The molecule has 2 aromatic rings. The molecule has 0 saturated heterocycles. The van der Waals surface area contributed by atoms with E-state index in [4.69, 9.17) is 0 Å². The zero-order valence-electron chi connectivity index (χ0n) is 11.1. The van der Waals surface area contributed by atoms with Crippen LogP contribution in [-0.4, -0.2) is 34.5 Å². The second kappa shape index (κ2) is 5.99. The standard InChI is InChI=1S/C13H17N5O/c1-10-3-4-11(12(9-10)14-2)13(19)15-5-7-18-8-6-16-17-18/h3-4,6,8-9,14H,5,7H2,1-2H3,(H,15,19). The van der Waals surface area contributed by atoms with Gasteiger partial charge < -0.3 is 10.6 Å². The van der Waals surface area contributed by atoms with E-state index in [9.17, 15) is 4.79 Å². The van der Waals surface area contributed by atoms with Crippen molar-refractivity contribution in [2.24, 2.45) is 0 Å². The first-order valence-electron chi connectivity index (χ1n) is 6.11. The van der Waals surface area contributed by atoms with Crippen LogP contribution in [-0.2, 0) is 6.54 Å². The summed E-state index contributed by atoms with van der Waals surface area (Å²) in [5, 5.41) is 13.4. The minimum atomic E-state index is -0.0931. The number of rotatable bonds is 5. The fraction of sp³-hybridized carbons (Fsp3) is 0.308. The Morgan fingerprint density at radius 3 is 2.95 bits per heavy atom. The fourth-order valence-electron chi connectivity index (χ4n) is 1.79. The molecule has 0 aliphatic heterocycles. The Balaban J connectivity index is 1.96. The monoisotopic (exact) mass is 259 g/mol. The van der Waals surface area contributed by atoms with Crippen molar-refractivity contribution in [3.63, 3.8) is 0 Å². The highest BCUT2D eigenvalue weighted by Gasteiger charge is 2.10. The first kappa shape index (κ1) is 13.1. The maximum Gasteiger partial charge on any atom is 0.253 e. The number of aromatic nitrogens is 3. The molecular formula is C13H17N5O. The minimum Gasteiger partial charge on any atom is -0.387 e. The smallest absolute Gasteiger partial charge is 0.253 e. The highest BCUT2D eigenvalue weighted by atomic mass is 16.1. The Hall–Kier alpha value is -2.37. The van der Waals surface area contributed by atoms with E-state index in [0.717, 1.165) is 11.3 Å². The van der Waals surface area contributed by atoms with E-state index in [1.54, 1.807) is 24.1 Å². The zero-order valence-corrected chi connectivity index (χ0v) is 11.1. The molecule has 100 valence electrons. The van der Waals surface area contributed by atoms with Gasteiger partial charge in [0, 0.05) is 25.5 Å². The predicted octanol–water partition coefficient (Wildman–Crippen LogP) is 1.06. The van der Waals surface area contributed by atoms with Gasteiger partial charge in [-0.25, -0.2) is 0 Å². The summed E-state index contributed by atoms with van der Waals surface area (Å²) >= 11 is 0. The first-order chi connectivity index (χ1) is 9.20. The zero-order chi connectivity index (χ0) is 13.7. The summed E-state index contributed by atoms with van der Waals surface area (Å²) < 4.78 is 1.68. The van der Waals surface area contributed by atoms with Gasteiger partial charge in [-0.05, 0) is 24.6 Å². The van der Waals surface area contributed by atoms with E-state index >= 15 is 0 Å². The second-order valence-corrected chi connectivity index (χ2v) is 4.22. The Kier molecular flexibility index (Phi) is 4.12. The van der Waals surface area contributed by atoms with Crippen LogP contribution in [0.3, 0.4) is 0 Å². The van der Waals surface area contributed by atoms with Crippen molar-refractivity contribution in [2.75, 3.05) is 18.9 Å². The molecule has 6 heteroatoms. The van der Waals surface area contributed by atoms with Crippen molar-refractivity contribution in [1.29, 1.82) is 0 Å². The predicted molar refractivity (Wildman–Crippen MR) is 73.1 cm³/mol. The summed E-state index contributed by atoms with van der Waals surface area (Å²) in [7, 11) is 1.81. The summed E-state index contributed by atoms with van der Waals surface area (Å²) in [5.74, 6) is -0.0931. The first-order valence-corrected chi connectivity index (χ1v) is 6.11. The van der Waals surface area contributed by atoms with Gasteiger partial charge in [0.2, 0.25) is 0 Å². The van der Waals surface area contributed by atoms with Crippen molar-refractivity contribution in [1.82, 2.24) is 20.3 Å². The van der Waals surface area contributed by atoms with Crippen LogP contribution in [0.25, 0.3) is 0 Å². The normalized spacial score (nSPS) is 10.2. The van der Waals surface area contributed by atoms with Gasteiger partial charge in [0.05, 0.1) is 18.3 Å². The molecule has 0 aliphatic rings. The minimum absolute atomic E-state index is 0.0931. The molecule has 0 atom stereocenters. The molecule has 0 saturated carbocycles. The fourth-order valence-corrected chi connectivity index (χ4v) is 1.79. The Morgan fingerprint density at radius 2 is 2.26 bits per heavy atom. The number of amides is 1. The molecule has 1 aromatic heterocycles. The summed E-state index contributed by atoms with van der Waals surface area (Å²) in [6, 6.07) is 5.70. The topological polar surface area (TPSA) is 71.8 Å². The number of carbonyl (C=O) groups excluding carboxylic acids is 1. The molecule has 0 aliphatic carbocycles. The van der Waals surface area contributed by atoms with Crippen LogP contribution in [0.1, 0.15) is 15.9 Å². The molecule has 1 aromatic carbocycles. The van der Waals surface area contributed by atoms with Crippen LogP contribution >= 0.6 is 0 Å². The van der Waals surface area contributed by atoms with E-state index in [1.807, 2.05) is 25.1 Å². The number of aryl methyl sites for hydroxylation is 1. The van der Waals surface area contributed by atoms with Crippen molar-refractivity contribution >= 4 is 11.6 Å². The number of nitrogens with one attached hydrogen (secondary N) is 2. The lowest BCUT2D eigenvalue weighted by atomic mass is 10.1.